The molecule has 3 heteroatoms. The minimum Gasteiger partial charge on any atom is -0.363 e. The van der Waals surface area contributed by atoms with Gasteiger partial charge in [0.05, 0.1) is 0 Å². The Labute approximate surface area is 111 Å². The Morgan fingerprint density at radius 2 is 2.17 bits per heavy atom. The molecule has 1 aromatic rings. The quantitative estimate of drug-likeness (QED) is 0.815. The minimum atomic E-state index is 0.591. The fraction of sp³-hybridized carbons (Fsp3) is 0.667. The second-order valence-corrected chi connectivity index (χ2v) is 5.43. The molecule has 1 saturated heterocycles. The summed E-state index contributed by atoms with van der Waals surface area (Å²) < 4.78 is 0. The Bertz CT molecular complexity index is 401. The summed E-state index contributed by atoms with van der Waals surface area (Å²) in [4.78, 5) is 9.39. The molecule has 0 spiro atoms. The number of likely N-dealkylation sites (tertiary alicyclic amines) is 1. The number of anilines is 1. The van der Waals surface area contributed by atoms with Crippen molar-refractivity contribution in [1.82, 2.24) is 9.88 Å². The molecule has 0 radical (unpaired) electrons. The van der Waals surface area contributed by atoms with Gasteiger partial charge in [0.1, 0.15) is 5.82 Å². The van der Waals surface area contributed by atoms with Gasteiger partial charge in [0.25, 0.3) is 0 Å². The van der Waals surface area contributed by atoms with E-state index in [-0.39, 0.29) is 0 Å². The summed E-state index contributed by atoms with van der Waals surface area (Å²) in [5, 5.41) is 0. The Kier molecular flexibility index (Phi) is 4.23. The summed E-state index contributed by atoms with van der Waals surface area (Å²) in [6.45, 7) is 6.85. The Hall–Kier alpha value is -1.09. The van der Waals surface area contributed by atoms with E-state index in [2.05, 4.69) is 35.8 Å². The van der Waals surface area contributed by atoms with Crippen LogP contribution < -0.4 is 4.90 Å². The number of nitrogens with zero attached hydrogens (tertiary/aromatic N) is 3. The molecule has 1 aliphatic heterocycles. The van der Waals surface area contributed by atoms with Gasteiger partial charge in [-0.1, -0.05) is 13.0 Å². The summed E-state index contributed by atoms with van der Waals surface area (Å²) in [6, 6.07) is 5.01. The van der Waals surface area contributed by atoms with Gasteiger partial charge in [0.15, 0.2) is 0 Å². The largest absolute Gasteiger partial charge is 0.363 e. The summed E-state index contributed by atoms with van der Waals surface area (Å²) in [5.74, 6) is 1.05. The van der Waals surface area contributed by atoms with Crippen LogP contribution in [0.5, 0.6) is 0 Å². The van der Waals surface area contributed by atoms with Crippen molar-refractivity contribution in [1.29, 1.82) is 0 Å². The van der Waals surface area contributed by atoms with Crippen LogP contribution in [0.4, 0.5) is 5.82 Å². The first-order valence-corrected chi connectivity index (χ1v) is 7.02. The van der Waals surface area contributed by atoms with Crippen molar-refractivity contribution in [2.24, 2.45) is 0 Å². The van der Waals surface area contributed by atoms with Gasteiger partial charge < -0.3 is 4.90 Å². The lowest BCUT2D eigenvalue weighted by Crippen LogP contribution is -2.25. The number of aryl methyl sites for hydroxylation is 1. The van der Waals surface area contributed by atoms with Crippen LogP contribution in [0, 0.1) is 6.92 Å². The van der Waals surface area contributed by atoms with Gasteiger partial charge in [-0.2, -0.15) is 0 Å². The average molecular weight is 247 g/mol. The number of pyridine rings is 1. The van der Waals surface area contributed by atoms with E-state index in [0.717, 1.165) is 5.82 Å². The van der Waals surface area contributed by atoms with Gasteiger partial charge in [-0.3, -0.25) is 4.90 Å². The van der Waals surface area contributed by atoms with Crippen LogP contribution in [0.1, 0.15) is 43.5 Å². The molecule has 0 aliphatic carbocycles. The van der Waals surface area contributed by atoms with Crippen molar-refractivity contribution in [2.45, 2.75) is 39.2 Å². The normalized spacial score (nSPS) is 20.3. The van der Waals surface area contributed by atoms with E-state index in [1.807, 2.05) is 14.1 Å². The summed E-state index contributed by atoms with van der Waals surface area (Å²) in [5.41, 5.74) is 2.61. The smallest absolute Gasteiger partial charge is 0.128 e. The molecule has 18 heavy (non-hydrogen) atoms. The topological polar surface area (TPSA) is 19.4 Å². The molecule has 0 aromatic carbocycles. The Morgan fingerprint density at radius 1 is 1.39 bits per heavy atom. The summed E-state index contributed by atoms with van der Waals surface area (Å²) >= 11 is 0. The monoisotopic (exact) mass is 247 g/mol. The van der Waals surface area contributed by atoms with Crippen LogP contribution in [0.3, 0.4) is 0 Å². The maximum absolute atomic E-state index is 4.71. The third kappa shape index (κ3) is 2.66. The first kappa shape index (κ1) is 13.3. The van der Waals surface area contributed by atoms with E-state index in [9.17, 15) is 0 Å². The highest BCUT2D eigenvalue weighted by atomic mass is 15.2. The molecule has 0 amide bonds. The van der Waals surface area contributed by atoms with Crippen LogP contribution in [-0.2, 0) is 0 Å². The minimum absolute atomic E-state index is 0.591. The highest BCUT2D eigenvalue weighted by Crippen LogP contribution is 2.33. The van der Waals surface area contributed by atoms with Gasteiger partial charge in [0, 0.05) is 25.8 Å². The van der Waals surface area contributed by atoms with E-state index in [1.54, 1.807) is 0 Å². The van der Waals surface area contributed by atoms with Crippen LogP contribution >= 0.6 is 0 Å². The Balaban J connectivity index is 2.22. The first-order valence-electron chi connectivity index (χ1n) is 7.02. The number of hydrogen-bond acceptors (Lipinski definition) is 3. The van der Waals surface area contributed by atoms with Crippen molar-refractivity contribution in [2.75, 3.05) is 32.1 Å². The molecule has 0 saturated carbocycles. The molecule has 3 nitrogen and oxygen atoms in total. The molecule has 0 N–H and O–H groups in total. The standard InChI is InChI=1S/C15H25N3/c1-5-10-18-11-6-7-14(18)13-8-9-15(17(3)4)16-12(13)2/h8-9,14H,5-7,10-11H2,1-4H3/t14-/m0/s1. The SMILES string of the molecule is CCCN1CCC[C@H]1c1ccc(N(C)C)nc1C. The van der Waals surface area contributed by atoms with Gasteiger partial charge in [-0.25, -0.2) is 4.98 Å². The molecule has 100 valence electrons. The highest BCUT2D eigenvalue weighted by molar-refractivity contribution is 5.41. The van der Waals surface area contributed by atoms with Crippen molar-refractivity contribution in [3.05, 3.63) is 23.4 Å². The van der Waals surface area contributed by atoms with Gasteiger partial charge in [-0.15, -0.1) is 0 Å². The van der Waals surface area contributed by atoms with Crippen molar-refractivity contribution in [3.8, 4) is 0 Å². The van der Waals surface area contributed by atoms with Gasteiger partial charge in [-0.05, 0) is 50.9 Å². The lowest BCUT2D eigenvalue weighted by Gasteiger charge is -2.26. The van der Waals surface area contributed by atoms with E-state index in [0.29, 0.717) is 6.04 Å². The predicted octanol–water partition coefficient (Wildman–Crippen LogP) is 3.00. The predicted molar refractivity (Wildman–Crippen MR) is 77.1 cm³/mol. The second kappa shape index (κ2) is 5.70. The molecule has 1 aliphatic rings. The zero-order valence-corrected chi connectivity index (χ0v) is 12.1. The highest BCUT2D eigenvalue weighted by Gasteiger charge is 2.26. The van der Waals surface area contributed by atoms with Crippen LogP contribution in [-0.4, -0.2) is 37.1 Å². The van der Waals surface area contributed by atoms with Crippen molar-refractivity contribution < 1.29 is 0 Å². The van der Waals surface area contributed by atoms with Crippen LogP contribution in [0.25, 0.3) is 0 Å². The third-order valence-electron chi connectivity index (χ3n) is 3.80. The number of rotatable bonds is 4. The van der Waals surface area contributed by atoms with E-state index >= 15 is 0 Å². The van der Waals surface area contributed by atoms with E-state index in [1.165, 1.54) is 43.6 Å². The molecule has 2 heterocycles. The Morgan fingerprint density at radius 3 is 2.78 bits per heavy atom. The fourth-order valence-corrected chi connectivity index (χ4v) is 2.89. The van der Waals surface area contributed by atoms with Gasteiger partial charge >= 0.3 is 0 Å². The molecular weight excluding hydrogens is 222 g/mol. The molecule has 2 rings (SSSR count). The van der Waals surface area contributed by atoms with Crippen LogP contribution in [0.15, 0.2) is 12.1 Å². The zero-order chi connectivity index (χ0) is 13.1. The molecule has 0 bridgehead atoms. The van der Waals surface area contributed by atoms with E-state index in [4.69, 9.17) is 4.98 Å². The maximum atomic E-state index is 4.71. The number of aromatic nitrogens is 1. The molecular formula is C15H25N3. The summed E-state index contributed by atoms with van der Waals surface area (Å²) in [6.07, 6.45) is 3.84. The summed E-state index contributed by atoms with van der Waals surface area (Å²) in [7, 11) is 4.08. The molecule has 0 unspecified atom stereocenters. The molecule has 1 atom stereocenters. The van der Waals surface area contributed by atoms with Crippen LogP contribution in [0.2, 0.25) is 0 Å². The number of hydrogen-bond donors (Lipinski definition) is 0. The molecule has 1 fully saturated rings. The van der Waals surface area contributed by atoms with E-state index < -0.39 is 0 Å². The average Bonchev–Trinajstić information content (AvgIpc) is 2.77. The molecule has 1 aromatic heterocycles. The van der Waals surface area contributed by atoms with Crippen molar-refractivity contribution >= 4 is 5.82 Å². The van der Waals surface area contributed by atoms with Gasteiger partial charge in [0.2, 0.25) is 0 Å². The lowest BCUT2D eigenvalue weighted by atomic mass is 10.0. The maximum Gasteiger partial charge on any atom is 0.128 e. The fourth-order valence-electron chi connectivity index (χ4n) is 2.89. The lowest BCUT2D eigenvalue weighted by molar-refractivity contribution is 0.257. The zero-order valence-electron chi connectivity index (χ0n) is 12.1. The third-order valence-corrected chi connectivity index (χ3v) is 3.80. The first-order chi connectivity index (χ1) is 8.63. The van der Waals surface area contributed by atoms with Crippen molar-refractivity contribution in [3.63, 3.8) is 0 Å². The second-order valence-electron chi connectivity index (χ2n) is 5.43.